The summed E-state index contributed by atoms with van der Waals surface area (Å²) in [6.07, 6.45) is 1.59. The quantitative estimate of drug-likeness (QED) is 0.201. The predicted octanol–water partition coefficient (Wildman–Crippen LogP) is 8.91. The van der Waals surface area contributed by atoms with E-state index in [1.165, 1.54) is 27.8 Å². The second-order valence-electron chi connectivity index (χ2n) is 11.5. The van der Waals surface area contributed by atoms with Crippen LogP contribution in [0.1, 0.15) is 22.3 Å². The van der Waals surface area contributed by atoms with Crippen molar-refractivity contribution in [1.82, 2.24) is 24.5 Å². The summed E-state index contributed by atoms with van der Waals surface area (Å²) in [5.74, 6) is 1.79. The summed E-state index contributed by atoms with van der Waals surface area (Å²) < 4.78 is 2.11. The second kappa shape index (κ2) is 10.5. The van der Waals surface area contributed by atoms with E-state index in [0.29, 0.717) is 17.5 Å². The van der Waals surface area contributed by atoms with Gasteiger partial charge in [-0.05, 0) is 63.7 Å². The molecule has 0 spiro atoms. The highest BCUT2D eigenvalue weighted by Crippen LogP contribution is 2.56. The molecular formula is C41H27N5. The normalized spacial score (nSPS) is 13.0. The zero-order valence-electron chi connectivity index (χ0n) is 24.8. The fourth-order valence-electron chi connectivity index (χ4n) is 7.16. The Morgan fingerprint density at radius 1 is 0.478 bits per heavy atom. The first kappa shape index (κ1) is 26.2. The molecule has 2 aromatic heterocycles. The molecule has 1 aliphatic rings. The highest BCUT2D eigenvalue weighted by molar-refractivity contribution is 5.87. The summed E-state index contributed by atoms with van der Waals surface area (Å²) >= 11 is 0. The minimum absolute atomic E-state index is 0.498. The zero-order valence-corrected chi connectivity index (χ0v) is 24.8. The van der Waals surface area contributed by atoms with Crippen LogP contribution in [0.5, 0.6) is 0 Å². The molecule has 0 N–H and O–H groups in total. The van der Waals surface area contributed by atoms with E-state index in [1.54, 1.807) is 6.33 Å². The maximum atomic E-state index is 5.04. The molecule has 2 heterocycles. The molecule has 9 rings (SSSR count). The Balaban J connectivity index is 1.24. The van der Waals surface area contributed by atoms with Gasteiger partial charge in [-0.3, -0.25) is 4.57 Å². The van der Waals surface area contributed by atoms with Gasteiger partial charge in [-0.2, -0.15) is 0 Å². The van der Waals surface area contributed by atoms with Crippen LogP contribution < -0.4 is 0 Å². The van der Waals surface area contributed by atoms with Gasteiger partial charge >= 0.3 is 0 Å². The number of aromatic nitrogens is 5. The monoisotopic (exact) mass is 589 g/mol. The Kier molecular flexibility index (Phi) is 5.96. The van der Waals surface area contributed by atoms with E-state index >= 15 is 0 Å². The Morgan fingerprint density at radius 3 is 1.85 bits per heavy atom. The van der Waals surface area contributed by atoms with Gasteiger partial charge in [0.25, 0.3) is 0 Å². The molecule has 0 amide bonds. The maximum Gasteiger partial charge on any atom is 0.199 e. The maximum absolute atomic E-state index is 5.04. The summed E-state index contributed by atoms with van der Waals surface area (Å²) in [7, 11) is 0. The average Bonchev–Trinajstić information content (AvgIpc) is 3.67. The lowest BCUT2D eigenvalue weighted by molar-refractivity contribution is 0.768. The van der Waals surface area contributed by atoms with Crippen LogP contribution in [0, 0.1) is 0 Å². The smallest absolute Gasteiger partial charge is 0.199 e. The molecule has 8 aromatic rings. The van der Waals surface area contributed by atoms with E-state index < -0.39 is 5.41 Å². The van der Waals surface area contributed by atoms with Crippen LogP contribution in [0.3, 0.4) is 0 Å². The van der Waals surface area contributed by atoms with Crippen molar-refractivity contribution in [3.05, 3.63) is 186 Å². The third kappa shape index (κ3) is 3.88. The molecule has 0 saturated carbocycles. The predicted molar refractivity (Wildman–Crippen MR) is 183 cm³/mol. The van der Waals surface area contributed by atoms with Gasteiger partial charge in [-0.25, -0.2) is 19.9 Å². The van der Waals surface area contributed by atoms with Crippen molar-refractivity contribution in [2.24, 2.45) is 0 Å². The minimum Gasteiger partial charge on any atom is -0.290 e. The number of para-hydroxylation sites is 3. The van der Waals surface area contributed by atoms with Crippen molar-refractivity contribution in [1.29, 1.82) is 0 Å². The van der Waals surface area contributed by atoms with E-state index in [0.717, 1.165) is 27.8 Å². The Bertz CT molecular complexity index is 2330. The molecule has 6 aromatic carbocycles. The fraction of sp³-hybridized carbons (Fsp3) is 0.0244. The van der Waals surface area contributed by atoms with Crippen molar-refractivity contribution in [3.63, 3.8) is 0 Å². The average molecular weight is 590 g/mol. The summed E-state index contributed by atoms with van der Waals surface area (Å²) in [6.45, 7) is 0. The first-order valence-electron chi connectivity index (χ1n) is 15.4. The van der Waals surface area contributed by atoms with Crippen LogP contribution >= 0.6 is 0 Å². The first-order chi connectivity index (χ1) is 22.8. The largest absolute Gasteiger partial charge is 0.290 e. The van der Waals surface area contributed by atoms with Crippen LogP contribution in [0.4, 0.5) is 0 Å². The van der Waals surface area contributed by atoms with E-state index in [4.69, 9.17) is 9.97 Å². The van der Waals surface area contributed by atoms with Crippen LogP contribution in [0.2, 0.25) is 0 Å². The molecule has 5 heteroatoms. The number of imidazole rings is 1. The van der Waals surface area contributed by atoms with Crippen molar-refractivity contribution >= 4 is 11.0 Å². The third-order valence-corrected chi connectivity index (χ3v) is 9.06. The van der Waals surface area contributed by atoms with Crippen LogP contribution in [0.25, 0.3) is 50.9 Å². The Morgan fingerprint density at radius 2 is 1.09 bits per heavy atom. The summed E-state index contributed by atoms with van der Waals surface area (Å²) in [4.78, 5) is 19.3. The number of benzene rings is 6. The van der Waals surface area contributed by atoms with Crippen LogP contribution in [-0.2, 0) is 5.41 Å². The molecule has 0 aliphatic heterocycles. The molecule has 46 heavy (non-hydrogen) atoms. The van der Waals surface area contributed by atoms with Crippen molar-refractivity contribution in [3.8, 4) is 39.9 Å². The number of rotatable bonds is 5. The zero-order chi connectivity index (χ0) is 30.5. The summed E-state index contributed by atoms with van der Waals surface area (Å²) in [6, 6.07) is 55.3. The molecule has 5 nitrogen and oxygen atoms in total. The standard InChI is InChI=1S/C41H27N5/c1-3-15-29(16-4-1)41(34-22-9-7-20-32(34)33-21-8-10-23-35(33)41)30-17-13-14-28(26-30)38-42-27-43-39(45-38)40-44-36-24-11-12-25-37(36)46(40)31-18-5-2-6-19-31/h1-27H. The van der Waals surface area contributed by atoms with Gasteiger partial charge in [0.2, 0.25) is 0 Å². The van der Waals surface area contributed by atoms with Crippen molar-refractivity contribution in [2.75, 3.05) is 0 Å². The Labute approximate surface area is 266 Å². The first-order valence-corrected chi connectivity index (χ1v) is 15.4. The topological polar surface area (TPSA) is 56.5 Å². The lowest BCUT2D eigenvalue weighted by Crippen LogP contribution is -2.28. The SMILES string of the molecule is c1ccc(-n2c(-c3ncnc(-c4cccc(C5(c6ccccc6)c6ccccc6-c6ccccc65)c4)n3)nc3ccccc32)cc1. The fourth-order valence-corrected chi connectivity index (χ4v) is 7.16. The molecule has 0 fully saturated rings. The van der Waals surface area contributed by atoms with Gasteiger partial charge in [0.05, 0.1) is 16.4 Å². The molecular weight excluding hydrogens is 562 g/mol. The third-order valence-electron chi connectivity index (χ3n) is 9.06. The minimum atomic E-state index is -0.498. The highest BCUT2D eigenvalue weighted by atomic mass is 15.1. The van der Waals surface area contributed by atoms with Gasteiger partial charge in [0, 0.05) is 11.3 Å². The Hall–Kier alpha value is -6.20. The number of hydrogen-bond donors (Lipinski definition) is 0. The van der Waals surface area contributed by atoms with Crippen molar-refractivity contribution < 1.29 is 0 Å². The highest BCUT2D eigenvalue weighted by Gasteiger charge is 2.45. The molecule has 0 radical (unpaired) electrons. The lowest BCUT2D eigenvalue weighted by Gasteiger charge is -2.34. The summed E-state index contributed by atoms with van der Waals surface area (Å²) in [5.41, 5.74) is 10.7. The van der Waals surface area contributed by atoms with Crippen LogP contribution in [0.15, 0.2) is 164 Å². The van der Waals surface area contributed by atoms with Gasteiger partial charge < -0.3 is 0 Å². The van der Waals surface area contributed by atoms with E-state index in [2.05, 4.69) is 136 Å². The van der Waals surface area contributed by atoms with Gasteiger partial charge in [0.1, 0.15) is 6.33 Å². The molecule has 1 aliphatic carbocycles. The van der Waals surface area contributed by atoms with Gasteiger partial charge in [0.15, 0.2) is 17.5 Å². The molecule has 0 unspecified atom stereocenters. The van der Waals surface area contributed by atoms with E-state index in [1.807, 2.05) is 36.4 Å². The van der Waals surface area contributed by atoms with Crippen molar-refractivity contribution in [2.45, 2.75) is 5.41 Å². The molecule has 0 bridgehead atoms. The second-order valence-corrected chi connectivity index (χ2v) is 11.5. The molecule has 216 valence electrons. The van der Waals surface area contributed by atoms with Gasteiger partial charge in [-0.15, -0.1) is 0 Å². The number of fused-ring (bicyclic) bond motifs is 4. The number of hydrogen-bond acceptors (Lipinski definition) is 4. The lowest BCUT2D eigenvalue weighted by atomic mass is 9.67. The number of nitrogens with zero attached hydrogens (tertiary/aromatic N) is 5. The van der Waals surface area contributed by atoms with E-state index in [-0.39, 0.29) is 0 Å². The molecule has 0 atom stereocenters. The van der Waals surface area contributed by atoms with Crippen LogP contribution in [-0.4, -0.2) is 24.5 Å². The van der Waals surface area contributed by atoms with Gasteiger partial charge in [-0.1, -0.05) is 127 Å². The molecule has 0 saturated heterocycles. The summed E-state index contributed by atoms with van der Waals surface area (Å²) in [5, 5.41) is 0. The van der Waals surface area contributed by atoms with E-state index in [9.17, 15) is 0 Å².